The average molecular weight is 256 g/mol. The lowest BCUT2D eigenvalue weighted by Crippen LogP contribution is -1.83. The summed E-state index contributed by atoms with van der Waals surface area (Å²) in [4.78, 5) is 0. The first-order chi connectivity index (χ1) is 5.89. The Bertz CT molecular complexity index is 313. The van der Waals surface area contributed by atoms with Gasteiger partial charge in [0.15, 0.2) is 0 Å². The second kappa shape index (κ2) is 5.70. The van der Waals surface area contributed by atoms with Crippen molar-refractivity contribution in [2.24, 2.45) is 0 Å². The van der Waals surface area contributed by atoms with Crippen LogP contribution in [0.15, 0.2) is 0 Å². The molecule has 0 aromatic rings. The predicted octanol–water partition coefficient (Wildman–Crippen LogP) is 3.98. The molecule has 0 saturated heterocycles. The van der Waals surface area contributed by atoms with Crippen LogP contribution in [-0.4, -0.2) is 52.4 Å². The maximum Gasteiger partial charge on any atom is 0.284 e. The van der Waals surface area contributed by atoms with Gasteiger partial charge in [0.05, 0.1) is 19.6 Å². The molecule has 0 aliphatic heterocycles. The molecular formula is C8H20OP4+2. The fourth-order valence-electron chi connectivity index (χ4n) is 1.24. The molecule has 1 nitrogen and oxygen atoms in total. The van der Waals surface area contributed by atoms with Gasteiger partial charge in [-0.2, -0.15) is 0 Å². The van der Waals surface area contributed by atoms with E-state index in [-0.39, 0.29) is 21.3 Å². The highest BCUT2D eigenvalue weighted by Gasteiger charge is 2.37. The molecule has 2 atom stereocenters. The Hall–Kier alpha value is 0.900. The van der Waals surface area contributed by atoms with Gasteiger partial charge in [0.2, 0.25) is 0 Å². The minimum absolute atomic E-state index is 0.0233. The van der Waals surface area contributed by atoms with Crippen LogP contribution in [0, 0.1) is 0 Å². The number of rotatable bonds is 4. The minimum Gasteiger partial charge on any atom is -0.372 e. The molecule has 5 heteroatoms. The zero-order chi connectivity index (χ0) is 10.6. The van der Waals surface area contributed by atoms with Gasteiger partial charge in [-0.05, 0) is 6.86 Å². The Balaban J connectivity index is 5.64. The lowest BCUT2D eigenvalue weighted by atomic mass is 11.5. The third-order valence-corrected chi connectivity index (χ3v) is 33.2. The normalized spacial score (nSPS) is 16.2. The molecule has 0 aromatic heterocycles. The van der Waals surface area contributed by atoms with Gasteiger partial charge in [0.1, 0.15) is 27.5 Å². The monoisotopic (exact) mass is 256 g/mol. The van der Waals surface area contributed by atoms with Crippen molar-refractivity contribution < 1.29 is 4.74 Å². The summed E-state index contributed by atoms with van der Waals surface area (Å²) >= 11 is 0. The topological polar surface area (TPSA) is 9.23 Å². The van der Waals surface area contributed by atoms with Crippen LogP contribution in [0.5, 0.6) is 0 Å². The van der Waals surface area contributed by atoms with Crippen molar-refractivity contribution in [1.29, 1.82) is 0 Å². The van der Waals surface area contributed by atoms with Crippen LogP contribution >= 0.6 is 27.2 Å². The molecule has 76 valence electrons. The maximum atomic E-state index is 5.37. The van der Waals surface area contributed by atoms with E-state index < -0.39 is 5.93 Å². The molecule has 0 N–H and O–H groups in total. The van der Waals surface area contributed by atoms with E-state index in [9.17, 15) is 0 Å². The Morgan fingerprint density at radius 1 is 1.31 bits per heavy atom. The molecule has 0 spiro atoms. The summed E-state index contributed by atoms with van der Waals surface area (Å²) in [5.41, 5.74) is 0. The van der Waals surface area contributed by atoms with Gasteiger partial charge >= 0.3 is 0 Å². The first-order valence-corrected chi connectivity index (χ1v) is 13.9. The summed E-state index contributed by atoms with van der Waals surface area (Å²) in [6.07, 6.45) is 13.5. The molecule has 0 amide bonds. The van der Waals surface area contributed by atoms with Crippen LogP contribution in [0.3, 0.4) is 0 Å². The summed E-state index contributed by atoms with van der Waals surface area (Å²) in [6, 6.07) is 0. The molecule has 13 heavy (non-hydrogen) atoms. The zero-order valence-corrected chi connectivity index (χ0v) is 12.6. The highest BCUT2D eigenvalue weighted by atomic mass is 32.6. The Kier molecular flexibility index (Phi) is 6.10. The van der Waals surface area contributed by atoms with Gasteiger partial charge in [0, 0.05) is 7.11 Å². The molecule has 0 rings (SSSR count). The van der Waals surface area contributed by atoms with E-state index in [0.717, 1.165) is 6.35 Å². The van der Waals surface area contributed by atoms with E-state index in [1.165, 1.54) is 0 Å². The average Bonchev–Trinajstić information content (AvgIpc) is 1.97. The largest absolute Gasteiger partial charge is 0.372 e. The highest BCUT2D eigenvalue weighted by Crippen LogP contribution is 2.87. The van der Waals surface area contributed by atoms with Crippen molar-refractivity contribution in [3.63, 3.8) is 0 Å². The number of hydrogen-bond donors (Lipinski definition) is 0. The van der Waals surface area contributed by atoms with Crippen molar-refractivity contribution in [2.45, 2.75) is 0 Å². The van der Waals surface area contributed by atoms with Crippen molar-refractivity contribution in [3.05, 3.63) is 0 Å². The lowest BCUT2D eigenvalue weighted by molar-refractivity contribution is 0.257. The zero-order valence-electron chi connectivity index (χ0n) is 9.03. The van der Waals surface area contributed by atoms with E-state index in [2.05, 4.69) is 38.9 Å². The van der Waals surface area contributed by atoms with E-state index in [4.69, 9.17) is 4.74 Å². The molecule has 0 aliphatic carbocycles. The molecule has 0 aromatic carbocycles. The van der Waals surface area contributed by atoms with Gasteiger partial charge in [-0.25, -0.2) is 0 Å². The molecule has 0 saturated carbocycles. The van der Waals surface area contributed by atoms with Gasteiger partial charge in [0.25, 0.3) is 5.93 Å². The molecule has 2 unspecified atom stereocenters. The molecule has 0 bridgehead atoms. The van der Waals surface area contributed by atoms with Crippen LogP contribution in [0.4, 0.5) is 0 Å². The SMILES string of the molecule is C=P(=C)P(COC)([P+](=C)C)=[P+](C)C. The highest BCUT2D eigenvalue weighted by molar-refractivity contribution is 8.74. The first-order valence-electron chi connectivity index (χ1n) is 3.90. The van der Waals surface area contributed by atoms with Crippen molar-refractivity contribution in [2.75, 3.05) is 33.5 Å². The number of hydrogen-bond acceptors (Lipinski definition) is 1. The number of methoxy groups -OCH3 is 1. The fourth-order valence-corrected chi connectivity index (χ4v) is 25.1. The Morgan fingerprint density at radius 3 is 1.85 bits per heavy atom. The maximum absolute atomic E-state index is 5.37. The lowest BCUT2D eigenvalue weighted by Gasteiger charge is -2.09. The van der Waals surface area contributed by atoms with Crippen LogP contribution in [0.2, 0.25) is 0 Å². The second-order valence-corrected chi connectivity index (χ2v) is 23.9. The summed E-state index contributed by atoms with van der Waals surface area (Å²) in [5, 5.41) is 0. The molecule has 0 heterocycles. The second-order valence-electron chi connectivity index (χ2n) is 3.12. The first kappa shape index (κ1) is 13.9. The van der Waals surface area contributed by atoms with Gasteiger partial charge in [-0.1, -0.05) is 12.6 Å². The summed E-state index contributed by atoms with van der Waals surface area (Å²) in [6.45, 7) is 6.57. The van der Waals surface area contributed by atoms with Crippen molar-refractivity contribution in [1.82, 2.24) is 0 Å². The van der Waals surface area contributed by atoms with Crippen molar-refractivity contribution >= 4 is 46.1 Å². The van der Waals surface area contributed by atoms with Crippen LogP contribution in [0.1, 0.15) is 0 Å². The Morgan fingerprint density at radius 2 is 1.77 bits per heavy atom. The molecule has 0 radical (unpaired) electrons. The number of ether oxygens (including phenoxy) is 1. The van der Waals surface area contributed by atoms with Crippen molar-refractivity contribution in [3.8, 4) is 0 Å². The molecule has 0 fully saturated rings. The fraction of sp³-hybridized carbons (Fsp3) is 0.625. The quantitative estimate of drug-likeness (QED) is 0.691. The van der Waals surface area contributed by atoms with Crippen LogP contribution in [-0.2, 0) is 4.74 Å². The molecular weight excluding hydrogens is 236 g/mol. The summed E-state index contributed by atoms with van der Waals surface area (Å²) < 4.78 is 5.37. The van der Waals surface area contributed by atoms with Gasteiger partial charge in [-0.3, -0.25) is 0 Å². The predicted molar refractivity (Wildman–Crippen MR) is 78.7 cm³/mol. The third kappa shape index (κ3) is 2.92. The Labute approximate surface area is 84.6 Å². The summed E-state index contributed by atoms with van der Waals surface area (Å²) in [7, 11) is 1.64. The van der Waals surface area contributed by atoms with E-state index in [1.54, 1.807) is 7.11 Å². The smallest absolute Gasteiger partial charge is 0.284 e. The van der Waals surface area contributed by atoms with Gasteiger partial charge in [-0.15, -0.1) is 0 Å². The third-order valence-electron chi connectivity index (χ3n) is 1.94. The van der Waals surface area contributed by atoms with Gasteiger partial charge < -0.3 is 4.74 Å². The standard InChI is InChI=1S/C8H20OP4/c1-9-8-13(10(2)3,11(4)5)12(6)7/h2-4,8H2,1,5-7H3/q+2. The van der Waals surface area contributed by atoms with E-state index >= 15 is 0 Å². The molecule has 0 aliphatic rings. The summed E-state index contributed by atoms with van der Waals surface area (Å²) in [5.74, 6) is -1.07. The van der Waals surface area contributed by atoms with E-state index in [1.807, 2.05) is 0 Å². The van der Waals surface area contributed by atoms with E-state index in [0.29, 0.717) is 0 Å². The van der Waals surface area contributed by atoms with Crippen LogP contribution in [0.25, 0.3) is 0 Å². The van der Waals surface area contributed by atoms with Crippen LogP contribution < -0.4 is 0 Å². The minimum atomic E-state index is -1.07.